The summed E-state index contributed by atoms with van der Waals surface area (Å²) in [7, 11) is 0. The number of hydrogen-bond acceptors (Lipinski definition) is 2. The Labute approximate surface area is 94.6 Å². The first kappa shape index (κ1) is 10.7. The summed E-state index contributed by atoms with van der Waals surface area (Å²) in [5, 5.41) is 7.28. The lowest BCUT2D eigenvalue weighted by Gasteiger charge is -2.26. The van der Waals surface area contributed by atoms with E-state index in [2.05, 4.69) is 0 Å². The van der Waals surface area contributed by atoms with Crippen LogP contribution in [0, 0.1) is 11.8 Å². The fourth-order valence-corrected chi connectivity index (χ4v) is 1.77. The molecule has 1 aromatic carbocycles. The van der Waals surface area contributed by atoms with E-state index in [1.807, 2.05) is 12.1 Å². The number of carbonyl (C=O) groups is 1. The van der Waals surface area contributed by atoms with Gasteiger partial charge in [0, 0.05) is 17.8 Å². The van der Waals surface area contributed by atoms with Crippen molar-refractivity contribution in [3.8, 4) is 0 Å². The molecule has 1 aliphatic rings. The molecule has 3 N–H and O–H groups in total. The van der Waals surface area contributed by atoms with Crippen molar-refractivity contribution < 1.29 is 4.79 Å². The molecule has 0 unspecified atom stereocenters. The highest BCUT2D eigenvalue weighted by molar-refractivity contribution is 6.01. The van der Waals surface area contributed by atoms with Gasteiger partial charge in [-0.3, -0.25) is 10.2 Å². The molecule has 16 heavy (non-hydrogen) atoms. The monoisotopic (exact) mass is 216 g/mol. The van der Waals surface area contributed by atoms with E-state index >= 15 is 0 Å². The lowest BCUT2D eigenvalue weighted by atomic mass is 10.1. The van der Waals surface area contributed by atoms with E-state index < -0.39 is 0 Å². The molecule has 1 amide bonds. The summed E-state index contributed by atoms with van der Waals surface area (Å²) in [4.78, 5) is 13.4. The van der Waals surface area contributed by atoms with E-state index in [0.29, 0.717) is 5.56 Å². The number of hydrogen-bond donors (Lipinski definition) is 2. The third-order valence-electron chi connectivity index (χ3n) is 2.66. The Morgan fingerprint density at radius 3 is 2.56 bits per heavy atom. The van der Waals surface area contributed by atoms with Crippen LogP contribution >= 0.6 is 0 Å². The maximum absolute atomic E-state index is 11.6. The van der Waals surface area contributed by atoms with Gasteiger partial charge in [0.1, 0.15) is 5.84 Å². The second kappa shape index (κ2) is 4.35. The summed E-state index contributed by atoms with van der Waals surface area (Å²) >= 11 is 0. The predicted octanol–water partition coefficient (Wildman–Crippen LogP) is 1.30. The van der Waals surface area contributed by atoms with Gasteiger partial charge in [-0.1, -0.05) is 0 Å². The van der Waals surface area contributed by atoms with Gasteiger partial charge in [-0.2, -0.15) is 0 Å². The highest BCUT2D eigenvalue weighted by Crippen LogP contribution is 2.20. The first-order valence-electron chi connectivity index (χ1n) is 5.27. The summed E-state index contributed by atoms with van der Waals surface area (Å²) < 4.78 is 0. The molecule has 0 spiro atoms. The van der Waals surface area contributed by atoms with Crippen molar-refractivity contribution in [2.75, 3.05) is 11.4 Å². The van der Waals surface area contributed by atoms with E-state index in [9.17, 15) is 4.79 Å². The molecular weight excluding hydrogens is 202 g/mol. The van der Waals surface area contributed by atoms with Gasteiger partial charge in [-0.15, -0.1) is 0 Å². The van der Waals surface area contributed by atoms with Crippen LogP contribution in [0.25, 0.3) is 0 Å². The molecule has 1 aliphatic heterocycles. The van der Waals surface area contributed by atoms with Crippen molar-refractivity contribution in [2.45, 2.75) is 12.8 Å². The number of nitrogens with one attached hydrogen (secondary N) is 1. The van der Waals surface area contributed by atoms with Gasteiger partial charge < -0.3 is 10.6 Å². The van der Waals surface area contributed by atoms with Crippen molar-refractivity contribution in [1.82, 2.24) is 0 Å². The van der Waals surface area contributed by atoms with Crippen molar-refractivity contribution in [3.05, 3.63) is 36.2 Å². The number of carbonyl (C=O) groups excluding carboxylic acids is 1. The number of nitrogens with zero attached hydrogens (tertiary/aromatic N) is 1. The molecule has 4 heteroatoms. The smallest absolute Gasteiger partial charge is 0.230 e. The molecule has 0 aromatic heterocycles. The van der Waals surface area contributed by atoms with Crippen LogP contribution in [-0.4, -0.2) is 18.3 Å². The zero-order chi connectivity index (χ0) is 11.5. The first-order chi connectivity index (χ1) is 7.68. The molecule has 1 heterocycles. The van der Waals surface area contributed by atoms with Crippen molar-refractivity contribution in [2.24, 2.45) is 5.73 Å². The minimum absolute atomic E-state index is 0.0445. The molecule has 1 fully saturated rings. The minimum Gasteiger partial charge on any atom is -0.384 e. The van der Waals surface area contributed by atoms with E-state index in [0.717, 1.165) is 25.1 Å². The van der Waals surface area contributed by atoms with Gasteiger partial charge in [-0.25, -0.2) is 0 Å². The van der Waals surface area contributed by atoms with Crippen molar-refractivity contribution in [1.29, 1.82) is 5.41 Å². The molecule has 83 valence electrons. The van der Waals surface area contributed by atoms with Crippen LogP contribution < -0.4 is 10.6 Å². The number of anilines is 1. The van der Waals surface area contributed by atoms with Crippen LogP contribution in [0.4, 0.5) is 5.69 Å². The summed E-state index contributed by atoms with van der Waals surface area (Å²) in [6.07, 6.45) is 3.57. The summed E-state index contributed by atoms with van der Waals surface area (Å²) in [5.74, 6) is 0.102. The first-order valence-corrected chi connectivity index (χ1v) is 5.27. The topological polar surface area (TPSA) is 70.2 Å². The molecule has 0 atom stereocenters. The van der Waals surface area contributed by atoms with Gasteiger partial charge in [0.05, 0.1) is 6.42 Å². The minimum atomic E-state index is 0.0445. The number of benzene rings is 1. The molecular formula is C12H14N3O. The zero-order valence-electron chi connectivity index (χ0n) is 8.94. The largest absolute Gasteiger partial charge is 0.384 e. The molecule has 2 rings (SSSR count). The normalized spacial score (nSPS) is 16.2. The number of piperidine rings is 1. The highest BCUT2D eigenvalue weighted by Gasteiger charge is 2.19. The molecule has 1 saturated heterocycles. The predicted molar refractivity (Wildman–Crippen MR) is 63.3 cm³/mol. The Balaban J connectivity index is 2.20. The second-order valence-electron chi connectivity index (χ2n) is 3.80. The Morgan fingerprint density at radius 2 is 2.00 bits per heavy atom. The Hall–Kier alpha value is -1.84. The Morgan fingerprint density at radius 1 is 1.31 bits per heavy atom. The number of nitrogen functional groups attached to an aromatic ring is 1. The van der Waals surface area contributed by atoms with Gasteiger partial charge >= 0.3 is 0 Å². The Bertz CT molecular complexity index is 411. The number of amidine groups is 1. The molecule has 1 aromatic rings. The molecule has 0 aliphatic carbocycles. The van der Waals surface area contributed by atoms with Crippen molar-refractivity contribution in [3.63, 3.8) is 0 Å². The SMILES string of the molecule is N=C(N)c1ccc(N2CCC[CH]C2=O)cc1. The number of nitrogens with two attached hydrogens (primary N) is 1. The van der Waals surface area contributed by atoms with E-state index in [1.54, 1.807) is 23.5 Å². The highest BCUT2D eigenvalue weighted by atomic mass is 16.2. The fourth-order valence-electron chi connectivity index (χ4n) is 1.77. The zero-order valence-corrected chi connectivity index (χ0v) is 8.94. The van der Waals surface area contributed by atoms with Crippen LogP contribution in [0.2, 0.25) is 0 Å². The quantitative estimate of drug-likeness (QED) is 0.578. The lowest BCUT2D eigenvalue weighted by molar-refractivity contribution is -0.116. The van der Waals surface area contributed by atoms with Crippen molar-refractivity contribution >= 4 is 17.4 Å². The molecule has 1 radical (unpaired) electrons. The average molecular weight is 216 g/mol. The molecule has 4 nitrogen and oxygen atoms in total. The standard InChI is InChI=1S/C12H14N3O/c13-12(14)9-4-6-10(7-5-9)15-8-2-1-3-11(15)16/h3-7H,1-2,8H2,(H3,13,14). The molecule has 0 saturated carbocycles. The lowest BCUT2D eigenvalue weighted by Crippen LogP contribution is -2.35. The maximum atomic E-state index is 11.6. The number of rotatable bonds is 2. The number of amides is 1. The van der Waals surface area contributed by atoms with E-state index in [1.165, 1.54) is 0 Å². The van der Waals surface area contributed by atoms with E-state index in [-0.39, 0.29) is 11.7 Å². The summed E-state index contributed by atoms with van der Waals surface area (Å²) in [6.45, 7) is 0.759. The van der Waals surface area contributed by atoms with Gasteiger partial charge in [0.25, 0.3) is 0 Å². The summed E-state index contributed by atoms with van der Waals surface area (Å²) in [5.41, 5.74) is 6.91. The van der Waals surface area contributed by atoms with Crippen LogP contribution in [0.5, 0.6) is 0 Å². The van der Waals surface area contributed by atoms with Crippen LogP contribution in [0.3, 0.4) is 0 Å². The van der Waals surface area contributed by atoms with Gasteiger partial charge in [-0.05, 0) is 37.1 Å². The van der Waals surface area contributed by atoms with Crippen LogP contribution in [0.15, 0.2) is 24.3 Å². The third kappa shape index (κ3) is 2.05. The van der Waals surface area contributed by atoms with E-state index in [4.69, 9.17) is 11.1 Å². The fraction of sp³-hybridized carbons (Fsp3) is 0.250. The Kier molecular flexibility index (Phi) is 2.90. The maximum Gasteiger partial charge on any atom is 0.230 e. The van der Waals surface area contributed by atoms with Gasteiger partial charge in [0.2, 0.25) is 5.91 Å². The second-order valence-corrected chi connectivity index (χ2v) is 3.80. The third-order valence-corrected chi connectivity index (χ3v) is 2.66. The summed E-state index contributed by atoms with van der Waals surface area (Å²) in [6, 6.07) is 7.18. The molecule has 0 bridgehead atoms. The average Bonchev–Trinajstić information content (AvgIpc) is 2.30. The van der Waals surface area contributed by atoms with Crippen LogP contribution in [0.1, 0.15) is 18.4 Å². The van der Waals surface area contributed by atoms with Gasteiger partial charge in [0.15, 0.2) is 0 Å². The van der Waals surface area contributed by atoms with Crippen LogP contribution in [-0.2, 0) is 4.79 Å².